The molecule has 88 valence electrons. The third kappa shape index (κ3) is 3.62. The molecule has 0 aromatic heterocycles. The van der Waals surface area contributed by atoms with Gasteiger partial charge in [-0.1, -0.05) is 26.0 Å². The molecule has 1 aromatic carbocycles. The summed E-state index contributed by atoms with van der Waals surface area (Å²) in [4.78, 5) is 10.1. The van der Waals surface area contributed by atoms with Crippen LogP contribution in [-0.2, 0) is 6.42 Å². The number of likely N-dealkylation sites (N-methyl/N-ethyl adjacent to an activating group) is 1. The van der Waals surface area contributed by atoms with E-state index in [9.17, 15) is 10.1 Å². The third-order valence-electron chi connectivity index (χ3n) is 2.61. The van der Waals surface area contributed by atoms with Crippen molar-refractivity contribution in [2.45, 2.75) is 32.7 Å². The topological polar surface area (TPSA) is 55.2 Å². The standard InChI is InChI=1S/C12H18N2O2/c1-3-11(13-4-2)9-10-5-7-12(8-6-10)14(15)16/h5-8,11,13H,3-4,9H2,1-2H3. The lowest BCUT2D eigenvalue weighted by Crippen LogP contribution is -2.30. The van der Waals surface area contributed by atoms with Crippen LogP contribution >= 0.6 is 0 Å². The van der Waals surface area contributed by atoms with Crippen LogP contribution in [0.3, 0.4) is 0 Å². The average molecular weight is 222 g/mol. The van der Waals surface area contributed by atoms with E-state index in [0.717, 1.165) is 24.9 Å². The van der Waals surface area contributed by atoms with E-state index in [1.54, 1.807) is 12.1 Å². The smallest absolute Gasteiger partial charge is 0.269 e. The van der Waals surface area contributed by atoms with Crippen LogP contribution in [0.15, 0.2) is 24.3 Å². The molecule has 0 heterocycles. The van der Waals surface area contributed by atoms with Gasteiger partial charge in [-0.3, -0.25) is 10.1 Å². The van der Waals surface area contributed by atoms with Crippen molar-refractivity contribution < 1.29 is 4.92 Å². The molecule has 4 nitrogen and oxygen atoms in total. The molecule has 1 aromatic rings. The van der Waals surface area contributed by atoms with Gasteiger partial charge in [-0.05, 0) is 24.9 Å². The van der Waals surface area contributed by atoms with Crippen molar-refractivity contribution in [3.05, 3.63) is 39.9 Å². The summed E-state index contributed by atoms with van der Waals surface area (Å²) >= 11 is 0. The molecule has 1 unspecified atom stereocenters. The number of nitro benzene ring substituents is 1. The molecule has 0 fully saturated rings. The Morgan fingerprint density at radius 2 is 1.94 bits per heavy atom. The average Bonchev–Trinajstić information content (AvgIpc) is 2.29. The normalized spacial score (nSPS) is 12.4. The molecule has 0 saturated carbocycles. The molecule has 1 atom stereocenters. The van der Waals surface area contributed by atoms with E-state index in [-0.39, 0.29) is 10.6 Å². The number of nitrogens with one attached hydrogen (secondary N) is 1. The van der Waals surface area contributed by atoms with Crippen molar-refractivity contribution in [2.24, 2.45) is 0 Å². The van der Waals surface area contributed by atoms with Gasteiger partial charge in [-0.2, -0.15) is 0 Å². The highest BCUT2D eigenvalue weighted by Crippen LogP contribution is 2.13. The van der Waals surface area contributed by atoms with Crippen LogP contribution in [0.1, 0.15) is 25.8 Å². The minimum absolute atomic E-state index is 0.153. The van der Waals surface area contributed by atoms with Crippen LogP contribution < -0.4 is 5.32 Å². The van der Waals surface area contributed by atoms with Crippen LogP contribution in [-0.4, -0.2) is 17.5 Å². The zero-order chi connectivity index (χ0) is 12.0. The van der Waals surface area contributed by atoms with E-state index >= 15 is 0 Å². The Labute approximate surface area is 95.8 Å². The van der Waals surface area contributed by atoms with E-state index in [0.29, 0.717) is 6.04 Å². The molecule has 1 rings (SSSR count). The van der Waals surface area contributed by atoms with Crippen molar-refractivity contribution in [3.8, 4) is 0 Å². The monoisotopic (exact) mass is 222 g/mol. The highest BCUT2D eigenvalue weighted by molar-refractivity contribution is 5.33. The second-order valence-corrected chi connectivity index (χ2v) is 3.79. The Morgan fingerprint density at radius 1 is 1.31 bits per heavy atom. The molecule has 0 aliphatic carbocycles. The Morgan fingerprint density at radius 3 is 2.38 bits per heavy atom. The van der Waals surface area contributed by atoms with Crippen LogP contribution in [0.4, 0.5) is 5.69 Å². The fraction of sp³-hybridized carbons (Fsp3) is 0.500. The van der Waals surface area contributed by atoms with Gasteiger partial charge in [0.1, 0.15) is 0 Å². The van der Waals surface area contributed by atoms with Gasteiger partial charge in [-0.15, -0.1) is 0 Å². The Hall–Kier alpha value is -1.42. The van der Waals surface area contributed by atoms with Gasteiger partial charge in [-0.25, -0.2) is 0 Å². The highest BCUT2D eigenvalue weighted by Gasteiger charge is 2.08. The number of nitro groups is 1. The summed E-state index contributed by atoms with van der Waals surface area (Å²) in [6.45, 7) is 5.17. The van der Waals surface area contributed by atoms with E-state index in [1.807, 2.05) is 12.1 Å². The minimum atomic E-state index is -0.370. The fourth-order valence-corrected chi connectivity index (χ4v) is 1.69. The summed E-state index contributed by atoms with van der Waals surface area (Å²) in [5.41, 5.74) is 1.29. The highest BCUT2D eigenvalue weighted by atomic mass is 16.6. The molecule has 0 spiro atoms. The van der Waals surface area contributed by atoms with Crippen molar-refractivity contribution in [1.29, 1.82) is 0 Å². The molecule has 0 amide bonds. The Kier molecular flexibility index (Phi) is 4.92. The molecule has 4 heteroatoms. The fourth-order valence-electron chi connectivity index (χ4n) is 1.69. The van der Waals surface area contributed by atoms with Gasteiger partial charge in [0.15, 0.2) is 0 Å². The minimum Gasteiger partial charge on any atom is -0.314 e. The maximum Gasteiger partial charge on any atom is 0.269 e. The molecule has 0 aliphatic rings. The van der Waals surface area contributed by atoms with Gasteiger partial charge < -0.3 is 5.32 Å². The van der Waals surface area contributed by atoms with Crippen molar-refractivity contribution in [2.75, 3.05) is 6.54 Å². The molecule has 0 saturated heterocycles. The van der Waals surface area contributed by atoms with Gasteiger partial charge in [0, 0.05) is 18.2 Å². The molecule has 0 radical (unpaired) electrons. The van der Waals surface area contributed by atoms with Crippen LogP contribution in [0.25, 0.3) is 0 Å². The molecule has 16 heavy (non-hydrogen) atoms. The van der Waals surface area contributed by atoms with Crippen molar-refractivity contribution in [1.82, 2.24) is 5.32 Å². The van der Waals surface area contributed by atoms with Crippen LogP contribution in [0, 0.1) is 10.1 Å². The zero-order valence-electron chi connectivity index (χ0n) is 9.77. The van der Waals surface area contributed by atoms with Crippen molar-refractivity contribution in [3.63, 3.8) is 0 Å². The molecule has 0 bridgehead atoms. The largest absolute Gasteiger partial charge is 0.314 e. The lowest BCUT2D eigenvalue weighted by Gasteiger charge is -2.15. The summed E-state index contributed by atoms with van der Waals surface area (Å²) < 4.78 is 0. The first-order chi connectivity index (χ1) is 7.67. The third-order valence-corrected chi connectivity index (χ3v) is 2.61. The van der Waals surface area contributed by atoms with Gasteiger partial charge >= 0.3 is 0 Å². The van der Waals surface area contributed by atoms with E-state index in [4.69, 9.17) is 0 Å². The predicted octanol–water partition coefficient (Wildman–Crippen LogP) is 2.53. The Bertz CT molecular complexity index is 335. The first-order valence-corrected chi connectivity index (χ1v) is 5.64. The second-order valence-electron chi connectivity index (χ2n) is 3.79. The van der Waals surface area contributed by atoms with E-state index in [1.165, 1.54) is 0 Å². The van der Waals surface area contributed by atoms with Gasteiger partial charge in [0.25, 0.3) is 5.69 Å². The van der Waals surface area contributed by atoms with E-state index in [2.05, 4.69) is 19.2 Å². The lowest BCUT2D eigenvalue weighted by molar-refractivity contribution is -0.384. The molecule has 1 N–H and O–H groups in total. The number of hydrogen-bond acceptors (Lipinski definition) is 3. The summed E-state index contributed by atoms with van der Waals surface area (Å²) in [7, 11) is 0. The quantitative estimate of drug-likeness (QED) is 0.594. The number of nitrogens with zero attached hydrogens (tertiary/aromatic N) is 1. The summed E-state index contributed by atoms with van der Waals surface area (Å²) in [5, 5.41) is 13.9. The van der Waals surface area contributed by atoms with Crippen LogP contribution in [0.2, 0.25) is 0 Å². The molecular formula is C12H18N2O2. The Balaban J connectivity index is 2.63. The van der Waals surface area contributed by atoms with Crippen molar-refractivity contribution >= 4 is 5.69 Å². The number of rotatable bonds is 6. The summed E-state index contributed by atoms with van der Waals surface area (Å²) in [6.07, 6.45) is 1.98. The summed E-state index contributed by atoms with van der Waals surface area (Å²) in [6, 6.07) is 7.24. The van der Waals surface area contributed by atoms with Gasteiger partial charge in [0.05, 0.1) is 4.92 Å². The zero-order valence-corrected chi connectivity index (χ0v) is 9.77. The van der Waals surface area contributed by atoms with Crippen LogP contribution in [0.5, 0.6) is 0 Å². The molecular weight excluding hydrogens is 204 g/mol. The maximum absolute atomic E-state index is 10.5. The number of non-ortho nitro benzene ring substituents is 1. The summed E-state index contributed by atoms with van der Waals surface area (Å²) in [5.74, 6) is 0. The lowest BCUT2D eigenvalue weighted by atomic mass is 10.0. The number of hydrogen-bond donors (Lipinski definition) is 1. The van der Waals surface area contributed by atoms with E-state index < -0.39 is 0 Å². The predicted molar refractivity (Wildman–Crippen MR) is 64.6 cm³/mol. The maximum atomic E-state index is 10.5. The number of benzene rings is 1. The molecule has 0 aliphatic heterocycles. The first kappa shape index (κ1) is 12.6. The second kappa shape index (κ2) is 6.23. The van der Waals surface area contributed by atoms with Gasteiger partial charge in [0.2, 0.25) is 0 Å². The SMILES string of the molecule is CCNC(CC)Cc1ccc([N+](=O)[O-])cc1. The first-order valence-electron chi connectivity index (χ1n) is 5.64.